The highest BCUT2D eigenvalue weighted by molar-refractivity contribution is 5.89. The van der Waals surface area contributed by atoms with Gasteiger partial charge in [0, 0.05) is 59.8 Å². The quantitative estimate of drug-likeness (QED) is 0.158. The van der Waals surface area contributed by atoms with Gasteiger partial charge in [-0.05, 0) is 103 Å². The van der Waals surface area contributed by atoms with Gasteiger partial charge >= 0.3 is 0 Å². The summed E-state index contributed by atoms with van der Waals surface area (Å²) in [6.07, 6.45) is 16.7. The number of rotatable bonds is 3. The van der Waals surface area contributed by atoms with Crippen molar-refractivity contribution in [1.82, 2.24) is 49.8 Å². The maximum absolute atomic E-state index is 11.8. The van der Waals surface area contributed by atoms with Crippen molar-refractivity contribution in [3.63, 3.8) is 0 Å². The van der Waals surface area contributed by atoms with E-state index in [1.807, 2.05) is 55.0 Å². The minimum Gasteiger partial charge on any atom is -0.350 e. The van der Waals surface area contributed by atoms with Crippen LogP contribution in [-0.4, -0.2) is 56.4 Å². The average molecular weight is 806 g/mol. The van der Waals surface area contributed by atoms with Crippen LogP contribution in [0.25, 0.3) is 66.6 Å². The SMILES string of the molecule is C.C.O=c1[nH]cnc2ccc(-c3cnc4[nH]ccc4c3)nc12.c1ccc2c(c1)CCCC2.c1ccc2c(c1)CCN(c1ncnc3ccc(-c4cnc5[nH]ccc5c4)nc13)C2. The number of H-pyrrole nitrogens is 3. The molecule has 0 bridgehead atoms. The van der Waals surface area contributed by atoms with E-state index >= 15 is 0 Å². The highest BCUT2D eigenvalue weighted by Crippen LogP contribution is 2.30. The lowest BCUT2D eigenvalue weighted by molar-refractivity contribution is 0.685. The van der Waals surface area contributed by atoms with Crippen molar-refractivity contribution in [3.05, 3.63) is 167 Å². The molecule has 12 nitrogen and oxygen atoms in total. The number of anilines is 1. The smallest absolute Gasteiger partial charge is 0.277 e. The summed E-state index contributed by atoms with van der Waals surface area (Å²) in [6, 6.07) is 33.1. The van der Waals surface area contributed by atoms with Gasteiger partial charge in [-0.25, -0.2) is 34.9 Å². The van der Waals surface area contributed by atoms with Crippen molar-refractivity contribution < 1.29 is 0 Å². The Morgan fingerprint density at radius 2 is 1.10 bits per heavy atom. The van der Waals surface area contributed by atoms with Crippen molar-refractivity contribution in [1.29, 1.82) is 0 Å². The van der Waals surface area contributed by atoms with Crippen LogP contribution in [0.4, 0.5) is 5.82 Å². The zero-order chi connectivity index (χ0) is 39.5. The van der Waals surface area contributed by atoms with E-state index in [2.05, 4.69) is 104 Å². The number of hydrogen-bond donors (Lipinski definition) is 3. The van der Waals surface area contributed by atoms with Crippen LogP contribution in [0.5, 0.6) is 0 Å². The third-order valence-corrected chi connectivity index (χ3v) is 11.0. The van der Waals surface area contributed by atoms with Crippen LogP contribution in [0.1, 0.15) is 49.9 Å². The molecular formula is C49H47N11O. The molecule has 1 aliphatic carbocycles. The van der Waals surface area contributed by atoms with Crippen LogP contribution < -0.4 is 10.5 Å². The van der Waals surface area contributed by atoms with E-state index < -0.39 is 0 Å². The molecule has 3 N–H and O–H groups in total. The number of nitrogens with one attached hydrogen (secondary N) is 3. The van der Waals surface area contributed by atoms with Gasteiger partial charge in [0.2, 0.25) is 0 Å². The molecule has 0 spiro atoms. The molecule has 0 unspecified atom stereocenters. The molecule has 1 aliphatic heterocycles. The van der Waals surface area contributed by atoms with Gasteiger partial charge in [0.05, 0.1) is 28.7 Å². The molecule has 0 amide bonds. The maximum Gasteiger partial charge on any atom is 0.277 e. The van der Waals surface area contributed by atoms with Crippen molar-refractivity contribution in [2.45, 2.75) is 53.5 Å². The summed E-state index contributed by atoms with van der Waals surface area (Å²) in [5, 5.41) is 2.08. The Balaban J connectivity index is 0.000000139. The van der Waals surface area contributed by atoms with Gasteiger partial charge in [-0.15, -0.1) is 0 Å². The number of benzene rings is 2. The fourth-order valence-electron chi connectivity index (χ4n) is 7.94. The van der Waals surface area contributed by atoms with Crippen molar-refractivity contribution >= 4 is 50.0 Å². The summed E-state index contributed by atoms with van der Waals surface area (Å²) < 4.78 is 0. The number of aromatic nitrogens is 10. The van der Waals surface area contributed by atoms with Crippen molar-refractivity contribution in [2.24, 2.45) is 0 Å². The van der Waals surface area contributed by atoms with Crippen LogP contribution in [0, 0.1) is 0 Å². The summed E-state index contributed by atoms with van der Waals surface area (Å²) in [7, 11) is 0. The second-order valence-electron chi connectivity index (χ2n) is 14.8. The molecule has 0 fully saturated rings. The van der Waals surface area contributed by atoms with E-state index in [1.165, 1.54) is 43.1 Å². The van der Waals surface area contributed by atoms with Crippen LogP contribution in [0.15, 0.2) is 139 Å². The third-order valence-electron chi connectivity index (χ3n) is 11.0. The molecule has 2 aromatic carbocycles. The molecular weight excluding hydrogens is 759 g/mol. The molecule has 61 heavy (non-hydrogen) atoms. The van der Waals surface area contributed by atoms with E-state index in [9.17, 15) is 4.79 Å². The summed E-state index contributed by atoms with van der Waals surface area (Å²) in [5.41, 5.74) is 13.4. The van der Waals surface area contributed by atoms with E-state index in [4.69, 9.17) is 4.98 Å². The van der Waals surface area contributed by atoms with Gasteiger partial charge < -0.3 is 19.9 Å². The zero-order valence-electron chi connectivity index (χ0n) is 32.1. The zero-order valence-corrected chi connectivity index (χ0v) is 32.1. The lowest BCUT2D eigenvalue weighted by Crippen LogP contribution is -2.31. The molecule has 0 atom stereocenters. The van der Waals surface area contributed by atoms with Gasteiger partial charge in [0.1, 0.15) is 23.1 Å². The summed E-state index contributed by atoms with van der Waals surface area (Å²) >= 11 is 0. The predicted octanol–water partition coefficient (Wildman–Crippen LogP) is 9.83. The van der Waals surface area contributed by atoms with E-state index in [-0.39, 0.29) is 20.4 Å². The lowest BCUT2D eigenvalue weighted by Gasteiger charge is -2.30. The van der Waals surface area contributed by atoms with Gasteiger partial charge in [-0.1, -0.05) is 63.4 Å². The second kappa shape index (κ2) is 17.7. The molecule has 8 aromatic heterocycles. The summed E-state index contributed by atoms with van der Waals surface area (Å²) in [5.74, 6) is 0.891. The molecule has 10 aromatic rings. The molecule has 0 saturated heterocycles. The van der Waals surface area contributed by atoms with Crippen molar-refractivity contribution in [2.75, 3.05) is 11.4 Å². The Morgan fingerprint density at radius 3 is 1.72 bits per heavy atom. The monoisotopic (exact) mass is 805 g/mol. The Labute approximate surface area is 353 Å². The summed E-state index contributed by atoms with van der Waals surface area (Å²) in [6.45, 7) is 1.76. The summed E-state index contributed by atoms with van der Waals surface area (Å²) in [4.78, 5) is 54.0. The number of aromatic amines is 3. The fourth-order valence-corrected chi connectivity index (χ4v) is 7.94. The molecule has 0 saturated carbocycles. The first-order valence-electron chi connectivity index (χ1n) is 19.8. The van der Waals surface area contributed by atoms with Crippen LogP contribution in [-0.2, 0) is 25.8 Å². The van der Waals surface area contributed by atoms with E-state index in [0.717, 1.165) is 75.2 Å². The van der Waals surface area contributed by atoms with Crippen LogP contribution in [0.2, 0.25) is 0 Å². The number of fused-ring (bicyclic) bond motifs is 6. The molecule has 12 heteroatoms. The van der Waals surface area contributed by atoms with Crippen LogP contribution >= 0.6 is 0 Å². The maximum atomic E-state index is 11.8. The van der Waals surface area contributed by atoms with Gasteiger partial charge in [-0.2, -0.15) is 0 Å². The third kappa shape index (κ3) is 8.33. The Bertz CT molecular complexity index is 3140. The number of hydrogen-bond acceptors (Lipinski definition) is 9. The second-order valence-corrected chi connectivity index (χ2v) is 14.8. The molecule has 12 rings (SSSR count). The molecule has 9 heterocycles. The Morgan fingerprint density at radius 1 is 0.541 bits per heavy atom. The normalized spacial score (nSPS) is 12.9. The first-order chi connectivity index (χ1) is 29.1. The number of aryl methyl sites for hydroxylation is 2. The van der Waals surface area contributed by atoms with E-state index in [0.29, 0.717) is 16.7 Å². The largest absolute Gasteiger partial charge is 0.350 e. The fraction of sp³-hybridized carbons (Fsp3) is 0.184. The first-order valence-corrected chi connectivity index (χ1v) is 19.8. The average Bonchev–Trinajstić information content (AvgIpc) is 3.99. The highest BCUT2D eigenvalue weighted by Gasteiger charge is 2.20. The van der Waals surface area contributed by atoms with Crippen molar-refractivity contribution in [3.8, 4) is 22.5 Å². The van der Waals surface area contributed by atoms with Gasteiger partial charge in [-0.3, -0.25) is 4.79 Å². The standard InChI is InChI=1S/C23H18N6.C14H9N5O.C10H12.2CH4/c1-2-4-17-13-29(10-8-15(17)3-1)23-21-20(26-14-27-23)6-5-19(28-21)18-11-16-7-9-24-22(16)25-12-18;20-14-12-11(17-7-18-14)2-1-10(19-12)9-5-8-3-4-15-13(8)16-6-9;1-2-6-10-8-4-3-7-9(10)5-1;;/h1-7,9,11-12,14H,8,10,13H2,(H,24,25);1-7H,(H,15,16)(H,17,18,20);1-2,5-6H,3-4,7-8H2;2*1H4. The first kappa shape index (κ1) is 40.2. The Kier molecular flexibility index (Phi) is 11.7. The highest BCUT2D eigenvalue weighted by atomic mass is 16.1. The van der Waals surface area contributed by atoms with Gasteiger partial charge in [0.15, 0.2) is 11.3 Å². The number of pyridine rings is 4. The Hall–Kier alpha value is -7.60. The van der Waals surface area contributed by atoms with Crippen LogP contribution in [0.3, 0.4) is 0 Å². The van der Waals surface area contributed by atoms with E-state index in [1.54, 1.807) is 29.7 Å². The minimum atomic E-state index is -0.243. The predicted molar refractivity (Wildman–Crippen MR) is 245 cm³/mol. The van der Waals surface area contributed by atoms with Gasteiger partial charge in [0.25, 0.3) is 5.56 Å². The minimum absolute atomic E-state index is 0. The number of nitrogens with zero attached hydrogens (tertiary/aromatic N) is 8. The lowest BCUT2D eigenvalue weighted by atomic mass is 9.92. The topological polar surface area (TPSA) is 158 Å². The molecule has 304 valence electrons. The molecule has 2 aliphatic rings. The molecule has 0 radical (unpaired) electrons.